The molecule has 1 atom stereocenters. The number of carbonyl (C=O) groups is 1. The van der Waals surface area contributed by atoms with Crippen molar-refractivity contribution in [3.8, 4) is 0 Å². The van der Waals surface area contributed by atoms with Gasteiger partial charge in [0.1, 0.15) is 0 Å². The average Bonchev–Trinajstić information content (AvgIpc) is 3.15. The fraction of sp³-hybridized carbons (Fsp3) is 0.533. The van der Waals surface area contributed by atoms with Crippen LogP contribution < -0.4 is 10.6 Å². The normalized spacial score (nSPS) is 22.8. The molecule has 3 rings (SSSR count). The van der Waals surface area contributed by atoms with Crippen LogP contribution in [0.1, 0.15) is 24.8 Å². The second-order valence-corrected chi connectivity index (χ2v) is 6.69. The maximum absolute atomic E-state index is 12.1. The molecule has 1 saturated heterocycles. The molecule has 2 fully saturated rings. The number of aryl methyl sites for hydroxylation is 1. The lowest BCUT2D eigenvalue weighted by Gasteiger charge is -2.16. The molecule has 20 heavy (non-hydrogen) atoms. The molecule has 2 N–H and O–H groups in total. The fourth-order valence-electron chi connectivity index (χ4n) is 2.75. The minimum atomic E-state index is -0.103. The number of halogens is 1. The minimum absolute atomic E-state index is 0.103. The van der Waals surface area contributed by atoms with E-state index in [2.05, 4.69) is 31.5 Å². The molecule has 1 aliphatic heterocycles. The van der Waals surface area contributed by atoms with Crippen LogP contribution in [-0.2, 0) is 0 Å². The monoisotopic (exact) mass is 337 g/mol. The first-order valence-corrected chi connectivity index (χ1v) is 7.99. The van der Waals surface area contributed by atoms with Crippen molar-refractivity contribution in [3.63, 3.8) is 0 Å². The van der Waals surface area contributed by atoms with Gasteiger partial charge in [-0.1, -0.05) is 22.0 Å². The Morgan fingerprint density at radius 3 is 2.90 bits per heavy atom. The highest BCUT2D eigenvalue weighted by atomic mass is 79.9. The first-order chi connectivity index (χ1) is 9.61. The second kappa shape index (κ2) is 5.74. The molecule has 1 aromatic carbocycles. The molecule has 2 aliphatic rings. The summed E-state index contributed by atoms with van der Waals surface area (Å²) in [6.07, 6.45) is 3.72. The van der Waals surface area contributed by atoms with Crippen molar-refractivity contribution in [3.05, 3.63) is 28.2 Å². The van der Waals surface area contributed by atoms with Crippen molar-refractivity contribution < 1.29 is 4.79 Å². The third-order valence-corrected chi connectivity index (χ3v) is 4.56. The van der Waals surface area contributed by atoms with E-state index in [0.29, 0.717) is 0 Å². The first kappa shape index (κ1) is 13.9. The Bertz CT molecular complexity index is 516. The fourth-order valence-corrected chi connectivity index (χ4v) is 3.11. The van der Waals surface area contributed by atoms with E-state index in [1.807, 2.05) is 25.1 Å². The summed E-state index contributed by atoms with van der Waals surface area (Å²) in [6.45, 7) is 4.10. The van der Waals surface area contributed by atoms with E-state index in [0.717, 1.165) is 41.3 Å². The molecule has 4 nitrogen and oxygen atoms in total. The molecular formula is C15H20BrN3O. The number of rotatable bonds is 3. The van der Waals surface area contributed by atoms with Crippen LogP contribution in [0.5, 0.6) is 0 Å². The molecule has 5 heteroatoms. The lowest BCUT2D eigenvalue weighted by molar-refractivity contribution is 0.247. The van der Waals surface area contributed by atoms with Crippen molar-refractivity contribution >= 4 is 27.6 Å². The summed E-state index contributed by atoms with van der Waals surface area (Å²) < 4.78 is 0.971. The molecule has 0 spiro atoms. The van der Waals surface area contributed by atoms with Gasteiger partial charge in [0, 0.05) is 35.3 Å². The SMILES string of the molecule is Cc1ccc(Br)cc1NC(=O)NC1CCN(C2CC2)C1. The first-order valence-electron chi connectivity index (χ1n) is 7.19. The van der Waals surface area contributed by atoms with Gasteiger partial charge in [0.2, 0.25) is 0 Å². The third kappa shape index (κ3) is 3.33. The van der Waals surface area contributed by atoms with Gasteiger partial charge in [-0.3, -0.25) is 4.90 Å². The summed E-state index contributed by atoms with van der Waals surface area (Å²) in [4.78, 5) is 14.6. The standard InChI is InChI=1S/C15H20BrN3O/c1-10-2-3-11(16)8-14(10)18-15(20)17-12-6-7-19(9-12)13-4-5-13/h2-3,8,12-13H,4-7,9H2,1H3,(H2,17,18,20). The molecule has 0 aromatic heterocycles. The number of nitrogens with zero attached hydrogens (tertiary/aromatic N) is 1. The van der Waals surface area contributed by atoms with Crippen LogP contribution in [0.3, 0.4) is 0 Å². The zero-order chi connectivity index (χ0) is 14.1. The van der Waals surface area contributed by atoms with Gasteiger partial charge in [-0.25, -0.2) is 4.79 Å². The summed E-state index contributed by atoms with van der Waals surface area (Å²) in [6, 6.07) is 6.86. The average molecular weight is 338 g/mol. The number of hydrogen-bond acceptors (Lipinski definition) is 2. The van der Waals surface area contributed by atoms with Crippen LogP contribution in [0.2, 0.25) is 0 Å². The molecule has 0 bridgehead atoms. The van der Waals surface area contributed by atoms with E-state index in [1.165, 1.54) is 12.8 Å². The van der Waals surface area contributed by atoms with Gasteiger partial charge in [0.15, 0.2) is 0 Å². The number of benzene rings is 1. The van der Waals surface area contributed by atoms with Crippen LogP contribution in [0.25, 0.3) is 0 Å². The Morgan fingerprint density at radius 1 is 1.35 bits per heavy atom. The highest BCUT2D eigenvalue weighted by Gasteiger charge is 2.34. The van der Waals surface area contributed by atoms with Crippen LogP contribution in [0.15, 0.2) is 22.7 Å². The summed E-state index contributed by atoms with van der Waals surface area (Å²) in [5, 5.41) is 6.02. The number of anilines is 1. The molecule has 0 radical (unpaired) electrons. The molecule has 1 heterocycles. The number of hydrogen-bond donors (Lipinski definition) is 2. The number of amides is 2. The van der Waals surface area contributed by atoms with Crippen molar-refractivity contribution in [1.82, 2.24) is 10.2 Å². The Balaban J connectivity index is 1.53. The number of likely N-dealkylation sites (tertiary alicyclic amines) is 1. The van der Waals surface area contributed by atoms with Gasteiger partial charge in [-0.05, 0) is 43.9 Å². The quantitative estimate of drug-likeness (QED) is 0.889. The van der Waals surface area contributed by atoms with Crippen molar-refractivity contribution in [2.45, 2.75) is 38.3 Å². The van der Waals surface area contributed by atoms with Gasteiger partial charge >= 0.3 is 6.03 Å². The molecule has 1 aliphatic carbocycles. The minimum Gasteiger partial charge on any atom is -0.334 e. The molecule has 108 valence electrons. The highest BCUT2D eigenvalue weighted by Crippen LogP contribution is 2.29. The summed E-state index contributed by atoms with van der Waals surface area (Å²) in [5.74, 6) is 0. The van der Waals surface area contributed by atoms with Gasteiger partial charge in [0.25, 0.3) is 0 Å². The molecular weight excluding hydrogens is 318 g/mol. The second-order valence-electron chi connectivity index (χ2n) is 5.77. The van der Waals surface area contributed by atoms with Crippen LogP contribution in [0.4, 0.5) is 10.5 Å². The van der Waals surface area contributed by atoms with E-state index in [9.17, 15) is 4.79 Å². The lowest BCUT2D eigenvalue weighted by Crippen LogP contribution is -2.40. The van der Waals surface area contributed by atoms with Gasteiger partial charge in [-0.2, -0.15) is 0 Å². The molecule has 2 amide bonds. The summed E-state index contributed by atoms with van der Waals surface area (Å²) >= 11 is 3.43. The highest BCUT2D eigenvalue weighted by molar-refractivity contribution is 9.10. The maximum Gasteiger partial charge on any atom is 0.319 e. The van der Waals surface area contributed by atoms with E-state index in [4.69, 9.17) is 0 Å². The maximum atomic E-state index is 12.1. The van der Waals surface area contributed by atoms with Crippen LogP contribution >= 0.6 is 15.9 Å². The zero-order valence-electron chi connectivity index (χ0n) is 11.7. The van der Waals surface area contributed by atoms with E-state index >= 15 is 0 Å². The largest absolute Gasteiger partial charge is 0.334 e. The van der Waals surface area contributed by atoms with Crippen molar-refractivity contribution in [1.29, 1.82) is 0 Å². The van der Waals surface area contributed by atoms with E-state index in [-0.39, 0.29) is 12.1 Å². The molecule has 1 saturated carbocycles. The van der Waals surface area contributed by atoms with Crippen LogP contribution in [0, 0.1) is 6.92 Å². The Kier molecular flexibility index (Phi) is 3.98. The van der Waals surface area contributed by atoms with Gasteiger partial charge < -0.3 is 10.6 Å². The Hall–Kier alpha value is -1.07. The molecule has 1 aromatic rings. The smallest absolute Gasteiger partial charge is 0.319 e. The number of carbonyl (C=O) groups excluding carboxylic acids is 1. The van der Waals surface area contributed by atoms with Crippen molar-refractivity contribution in [2.75, 3.05) is 18.4 Å². The zero-order valence-corrected chi connectivity index (χ0v) is 13.2. The van der Waals surface area contributed by atoms with Gasteiger partial charge in [0.05, 0.1) is 0 Å². The Labute approximate surface area is 128 Å². The summed E-state index contributed by atoms with van der Waals surface area (Å²) in [5.41, 5.74) is 1.92. The van der Waals surface area contributed by atoms with Gasteiger partial charge in [-0.15, -0.1) is 0 Å². The number of nitrogens with one attached hydrogen (secondary N) is 2. The third-order valence-electron chi connectivity index (χ3n) is 4.07. The molecule has 1 unspecified atom stereocenters. The van der Waals surface area contributed by atoms with Crippen LogP contribution in [-0.4, -0.2) is 36.1 Å². The van der Waals surface area contributed by atoms with Crippen molar-refractivity contribution in [2.24, 2.45) is 0 Å². The van der Waals surface area contributed by atoms with E-state index < -0.39 is 0 Å². The van der Waals surface area contributed by atoms with E-state index in [1.54, 1.807) is 0 Å². The number of urea groups is 1. The topological polar surface area (TPSA) is 44.4 Å². The lowest BCUT2D eigenvalue weighted by atomic mass is 10.2. The predicted octanol–water partition coefficient (Wildman–Crippen LogP) is 3.12. The summed E-state index contributed by atoms with van der Waals surface area (Å²) in [7, 11) is 0. The Morgan fingerprint density at radius 2 is 2.15 bits per heavy atom. The predicted molar refractivity (Wildman–Crippen MR) is 84.0 cm³/mol.